The topological polar surface area (TPSA) is 82.1 Å². The Bertz CT molecular complexity index is 993. The predicted molar refractivity (Wildman–Crippen MR) is 121 cm³/mol. The normalized spacial score (nSPS) is 21.7. The molecule has 2 N–H and O–H groups in total. The van der Waals surface area contributed by atoms with Crippen molar-refractivity contribution in [1.29, 1.82) is 0 Å². The molecule has 4 rings (SSSR count). The van der Waals surface area contributed by atoms with E-state index in [0.29, 0.717) is 42.9 Å². The first-order chi connectivity index (χ1) is 16.0. The zero-order valence-corrected chi connectivity index (χ0v) is 18.7. The largest absolute Gasteiger partial charge is 0.497 e. The summed E-state index contributed by atoms with van der Waals surface area (Å²) in [5, 5.41) is 13.1. The molecular formula is C25H30FN3O4. The van der Waals surface area contributed by atoms with E-state index in [9.17, 15) is 19.1 Å². The SMILES string of the molecule is COc1cccc(C(=O)N2CCC(N3C[C@H](O)C[C@H]3C(=O)NCc3ccccc3F)CC2)c1. The molecule has 2 atom stereocenters. The molecule has 2 amide bonds. The van der Waals surface area contributed by atoms with Gasteiger partial charge in [0.25, 0.3) is 5.91 Å². The Kier molecular flexibility index (Phi) is 7.25. The molecule has 2 aromatic rings. The second-order valence-corrected chi connectivity index (χ2v) is 8.67. The van der Waals surface area contributed by atoms with Crippen molar-refractivity contribution >= 4 is 11.8 Å². The highest BCUT2D eigenvalue weighted by atomic mass is 19.1. The molecule has 0 aliphatic carbocycles. The summed E-state index contributed by atoms with van der Waals surface area (Å²) in [6.45, 7) is 1.69. The van der Waals surface area contributed by atoms with E-state index in [0.717, 1.165) is 12.8 Å². The minimum absolute atomic E-state index is 0.0343. The van der Waals surface area contributed by atoms with Crippen molar-refractivity contribution in [2.45, 2.75) is 44.0 Å². The minimum atomic E-state index is -0.578. The molecule has 0 spiro atoms. The van der Waals surface area contributed by atoms with Crippen molar-refractivity contribution < 1.29 is 23.8 Å². The van der Waals surface area contributed by atoms with Gasteiger partial charge in [0.15, 0.2) is 0 Å². The second-order valence-electron chi connectivity index (χ2n) is 8.67. The molecule has 2 saturated heterocycles. The van der Waals surface area contributed by atoms with Crippen LogP contribution in [0, 0.1) is 5.82 Å². The molecule has 2 aromatic carbocycles. The van der Waals surface area contributed by atoms with Crippen molar-refractivity contribution in [3.63, 3.8) is 0 Å². The van der Waals surface area contributed by atoms with Crippen LogP contribution in [0.2, 0.25) is 0 Å². The Morgan fingerprint density at radius 1 is 1.15 bits per heavy atom. The molecule has 0 radical (unpaired) electrons. The summed E-state index contributed by atoms with van der Waals surface area (Å²) in [6, 6.07) is 13.1. The lowest BCUT2D eigenvalue weighted by molar-refractivity contribution is -0.126. The maximum absolute atomic E-state index is 13.9. The van der Waals surface area contributed by atoms with Crippen LogP contribution in [0.25, 0.3) is 0 Å². The summed E-state index contributed by atoms with van der Waals surface area (Å²) in [5.74, 6) is 0.0536. The molecule has 2 aliphatic rings. The van der Waals surface area contributed by atoms with Gasteiger partial charge in [0, 0.05) is 43.3 Å². The molecule has 33 heavy (non-hydrogen) atoms. The van der Waals surface area contributed by atoms with Crippen molar-refractivity contribution in [3.05, 3.63) is 65.5 Å². The monoisotopic (exact) mass is 455 g/mol. The van der Waals surface area contributed by atoms with E-state index < -0.39 is 12.1 Å². The van der Waals surface area contributed by atoms with Gasteiger partial charge in [-0.15, -0.1) is 0 Å². The summed E-state index contributed by atoms with van der Waals surface area (Å²) in [5.41, 5.74) is 1.02. The van der Waals surface area contributed by atoms with Crippen LogP contribution in [-0.2, 0) is 11.3 Å². The Labute approximate surface area is 193 Å². The third-order valence-corrected chi connectivity index (χ3v) is 6.57. The smallest absolute Gasteiger partial charge is 0.253 e. The van der Waals surface area contributed by atoms with Crippen LogP contribution in [0.5, 0.6) is 5.75 Å². The van der Waals surface area contributed by atoms with Crippen LogP contribution in [0.4, 0.5) is 4.39 Å². The number of hydrogen-bond acceptors (Lipinski definition) is 5. The summed E-state index contributed by atoms with van der Waals surface area (Å²) in [4.78, 5) is 29.6. The number of nitrogens with zero attached hydrogens (tertiary/aromatic N) is 2. The van der Waals surface area contributed by atoms with Crippen LogP contribution >= 0.6 is 0 Å². The quantitative estimate of drug-likeness (QED) is 0.698. The molecule has 2 heterocycles. The molecular weight excluding hydrogens is 425 g/mol. The summed E-state index contributed by atoms with van der Waals surface area (Å²) in [6.07, 6.45) is 1.22. The summed E-state index contributed by atoms with van der Waals surface area (Å²) >= 11 is 0. The highest BCUT2D eigenvalue weighted by Crippen LogP contribution is 2.27. The third kappa shape index (κ3) is 5.34. The highest BCUT2D eigenvalue weighted by molar-refractivity contribution is 5.94. The van der Waals surface area contributed by atoms with Gasteiger partial charge in [0.1, 0.15) is 11.6 Å². The van der Waals surface area contributed by atoms with Crippen LogP contribution in [0.15, 0.2) is 48.5 Å². The zero-order valence-electron chi connectivity index (χ0n) is 18.7. The number of aliphatic hydroxyl groups is 1. The minimum Gasteiger partial charge on any atom is -0.497 e. The summed E-state index contributed by atoms with van der Waals surface area (Å²) in [7, 11) is 1.57. The molecule has 0 bridgehead atoms. The van der Waals surface area contributed by atoms with Gasteiger partial charge >= 0.3 is 0 Å². The molecule has 2 aliphatic heterocycles. The molecule has 176 valence electrons. The first-order valence-corrected chi connectivity index (χ1v) is 11.3. The Balaban J connectivity index is 1.34. The maximum atomic E-state index is 13.9. The lowest BCUT2D eigenvalue weighted by Crippen LogP contribution is -2.52. The van der Waals surface area contributed by atoms with E-state index in [1.807, 2.05) is 4.90 Å². The third-order valence-electron chi connectivity index (χ3n) is 6.57. The number of β-amino-alcohol motifs (C(OH)–C–C–N with tert-alkyl or cyclic N) is 1. The van der Waals surface area contributed by atoms with E-state index >= 15 is 0 Å². The number of carbonyl (C=O) groups is 2. The molecule has 2 fully saturated rings. The van der Waals surface area contributed by atoms with E-state index in [2.05, 4.69) is 10.2 Å². The molecule has 7 nitrogen and oxygen atoms in total. The number of carbonyl (C=O) groups excluding carboxylic acids is 2. The number of likely N-dealkylation sites (tertiary alicyclic amines) is 2. The molecule has 8 heteroatoms. The molecule has 0 aromatic heterocycles. The van der Waals surface area contributed by atoms with Gasteiger partial charge in [-0.05, 0) is 43.5 Å². The zero-order chi connectivity index (χ0) is 23.4. The standard InChI is InChI=1S/C25H30FN3O4/c1-33-21-7-4-6-17(13-21)25(32)28-11-9-19(10-12-28)29-16-20(30)14-23(29)24(31)27-15-18-5-2-3-8-22(18)26/h2-8,13,19-20,23,30H,9-12,14-16H2,1H3,(H,27,31)/t20-,23+/m1/s1. The number of aliphatic hydroxyl groups excluding tert-OH is 1. The highest BCUT2D eigenvalue weighted by Gasteiger charge is 2.41. The number of methoxy groups -OCH3 is 1. The summed E-state index contributed by atoms with van der Waals surface area (Å²) < 4.78 is 19.1. The van der Waals surface area contributed by atoms with Gasteiger partial charge < -0.3 is 20.1 Å². The van der Waals surface area contributed by atoms with Crippen molar-refractivity contribution in [1.82, 2.24) is 15.1 Å². The number of nitrogens with one attached hydrogen (secondary N) is 1. The Morgan fingerprint density at radius 2 is 1.91 bits per heavy atom. The number of rotatable bonds is 6. The first kappa shape index (κ1) is 23.2. The van der Waals surface area contributed by atoms with Gasteiger partial charge in [0.05, 0.1) is 19.3 Å². The van der Waals surface area contributed by atoms with Crippen molar-refractivity contribution in [3.8, 4) is 5.75 Å². The van der Waals surface area contributed by atoms with E-state index in [-0.39, 0.29) is 30.2 Å². The van der Waals surface area contributed by atoms with Crippen molar-refractivity contribution in [2.24, 2.45) is 0 Å². The lowest BCUT2D eigenvalue weighted by Gasteiger charge is -2.39. The number of halogens is 1. The van der Waals surface area contributed by atoms with Gasteiger partial charge in [-0.25, -0.2) is 4.39 Å². The number of piperidine rings is 1. The van der Waals surface area contributed by atoms with E-state index in [4.69, 9.17) is 4.74 Å². The van der Waals surface area contributed by atoms with E-state index in [1.54, 1.807) is 49.6 Å². The Hall–Kier alpha value is -2.97. The first-order valence-electron chi connectivity index (χ1n) is 11.3. The molecule has 0 saturated carbocycles. The maximum Gasteiger partial charge on any atom is 0.253 e. The second kappa shape index (κ2) is 10.3. The molecule has 0 unspecified atom stereocenters. The van der Waals surface area contributed by atoms with Gasteiger partial charge in [-0.1, -0.05) is 24.3 Å². The van der Waals surface area contributed by atoms with E-state index in [1.165, 1.54) is 6.07 Å². The fourth-order valence-corrected chi connectivity index (χ4v) is 4.78. The fraction of sp³-hybridized carbons (Fsp3) is 0.440. The fourth-order valence-electron chi connectivity index (χ4n) is 4.78. The van der Waals surface area contributed by atoms with Crippen LogP contribution < -0.4 is 10.1 Å². The number of benzene rings is 2. The Morgan fingerprint density at radius 3 is 2.64 bits per heavy atom. The van der Waals surface area contributed by atoms with Crippen LogP contribution in [0.3, 0.4) is 0 Å². The van der Waals surface area contributed by atoms with Crippen LogP contribution in [-0.4, -0.2) is 71.7 Å². The predicted octanol–water partition coefficient (Wildman–Crippen LogP) is 2.19. The lowest BCUT2D eigenvalue weighted by atomic mass is 10.0. The number of hydrogen-bond donors (Lipinski definition) is 2. The van der Waals surface area contributed by atoms with Gasteiger partial charge in [-0.2, -0.15) is 0 Å². The van der Waals surface area contributed by atoms with Crippen LogP contribution in [0.1, 0.15) is 35.2 Å². The van der Waals surface area contributed by atoms with Crippen molar-refractivity contribution in [2.75, 3.05) is 26.7 Å². The van der Waals surface area contributed by atoms with Gasteiger partial charge in [-0.3, -0.25) is 14.5 Å². The number of amides is 2. The average Bonchev–Trinajstić information content (AvgIpc) is 3.24. The number of ether oxygens (including phenoxy) is 1. The average molecular weight is 456 g/mol. The van der Waals surface area contributed by atoms with Gasteiger partial charge in [0.2, 0.25) is 5.91 Å².